The van der Waals surface area contributed by atoms with Crippen molar-refractivity contribution in [1.82, 2.24) is 9.80 Å². The fraction of sp³-hybridized carbons (Fsp3) is 0.821. The number of hydrogen-bond acceptors (Lipinski definition) is 8. The van der Waals surface area contributed by atoms with Crippen molar-refractivity contribution in [2.45, 2.75) is 145 Å². The molecule has 4 atom stereocenters. The Kier molecular flexibility index (Phi) is 13.1. The molecular formula is C28H54N2O8. The van der Waals surface area contributed by atoms with Crippen LogP contribution in [0.25, 0.3) is 0 Å². The van der Waals surface area contributed by atoms with Crippen LogP contribution < -0.4 is 0 Å². The maximum Gasteiger partial charge on any atom is 0.413 e. The van der Waals surface area contributed by atoms with Crippen molar-refractivity contribution in [2.75, 3.05) is 7.11 Å². The van der Waals surface area contributed by atoms with Crippen molar-refractivity contribution in [2.24, 2.45) is 0 Å². The Labute approximate surface area is 230 Å². The van der Waals surface area contributed by atoms with Gasteiger partial charge in [-0.05, 0) is 83.1 Å². The molecule has 0 saturated carbocycles. The van der Waals surface area contributed by atoms with Crippen LogP contribution in [0.2, 0.25) is 0 Å². The topological polar surface area (TPSA) is 104 Å². The van der Waals surface area contributed by atoms with Gasteiger partial charge in [-0.15, -0.1) is 6.58 Å². The van der Waals surface area contributed by atoms with Crippen LogP contribution in [0, 0.1) is 0 Å². The van der Waals surface area contributed by atoms with Gasteiger partial charge >= 0.3 is 18.2 Å². The van der Waals surface area contributed by atoms with Gasteiger partial charge in [0.25, 0.3) is 0 Å². The molecular weight excluding hydrogens is 492 g/mol. The first-order chi connectivity index (χ1) is 16.1. The highest BCUT2D eigenvalue weighted by Gasteiger charge is 2.53. The summed E-state index contributed by atoms with van der Waals surface area (Å²) in [5.74, 6) is -0.510. The van der Waals surface area contributed by atoms with Gasteiger partial charge < -0.3 is 23.7 Å². The lowest BCUT2D eigenvalue weighted by atomic mass is 10.1. The van der Waals surface area contributed by atoms with Crippen LogP contribution in [0.15, 0.2) is 12.7 Å². The number of carbonyl (C=O) groups is 3. The van der Waals surface area contributed by atoms with E-state index in [4.69, 9.17) is 23.7 Å². The Hall–Kier alpha value is -2.33. The Bertz CT molecular complexity index is 826. The quantitative estimate of drug-likeness (QED) is 0.232. The fourth-order valence-corrected chi connectivity index (χ4v) is 4.28. The second kappa shape index (κ2) is 13.2. The summed E-state index contributed by atoms with van der Waals surface area (Å²) in [5.41, 5.74) is -2.73. The van der Waals surface area contributed by atoms with E-state index in [1.165, 1.54) is 12.0 Å². The van der Waals surface area contributed by atoms with E-state index in [2.05, 4.69) is 6.58 Å². The number of esters is 1. The van der Waals surface area contributed by atoms with Crippen LogP contribution in [-0.2, 0) is 28.5 Å². The van der Waals surface area contributed by atoms with Crippen molar-refractivity contribution in [1.29, 1.82) is 0 Å². The maximum absolute atomic E-state index is 12.3. The van der Waals surface area contributed by atoms with Crippen molar-refractivity contribution in [3.63, 3.8) is 0 Å². The van der Waals surface area contributed by atoms with E-state index in [0.717, 1.165) is 0 Å². The van der Waals surface area contributed by atoms with Gasteiger partial charge in [0.2, 0.25) is 0 Å². The van der Waals surface area contributed by atoms with Gasteiger partial charge in [0, 0.05) is 0 Å². The lowest BCUT2D eigenvalue weighted by Crippen LogP contribution is -2.53. The molecule has 10 nitrogen and oxygen atoms in total. The molecule has 0 aromatic heterocycles. The number of methoxy groups -OCH3 is 1. The lowest BCUT2D eigenvalue weighted by Gasteiger charge is -2.34. The summed E-state index contributed by atoms with van der Waals surface area (Å²) in [6.45, 7) is 25.4. The molecule has 2 amide bonds. The maximum atomic E-state index is 12.3. The second-order valence-electron chi connectivity index (χ2n) is 11.9. The van der Waals surface area contributed by atoms with E-state index >= 15 is 0 Å². The molecule has 2 saturated heterocycles. The molecule has 38 heavy (non-hydrogen) atoms. The van der Waals surface area contributed by atoms with Gasteiger partial charge in [0.15, 0.2) is 6.04 Å². The summed E-state index contributed by atoms with van der Waals surface area (Å²) in [7, 11) is 1.29. The highest BCUT2D eigenvalue weighted by atomic mass is 16.6. The Morgan fingerprint density at radius 1 is 0.789 bits per heavy atom. The molecule has 0 spiro atoms. The van der Waals surface area contributed by atoms with Crippen molar-refractivity contribution >= 4 is 18.2 Å². The smallest absolute Gasteiger partial charge is 0.413 e. The largest absolute Gasteiger partial charge is 0.467 e. The number of amides is 2. The molecule has 2 fully saturated rings. The molecule has 0 N–H and O–H groups in total. The van der Waals surface area contributed by atoms with Gasteiger partial charge in [-0.25, -0.2) is 14.4 Å². The predicted octanol–water partition coefficient (Wildman–Crippen LogP) is 6.13. The molecule has 2 aliphatic rings. The number of hydrogen-bond donors (Lipinski definition) is 0. The molecule has 2 rings (SSSR count). The monoisotopic (exact) mass is 546 g/mol. The minimum atomic E-state index is -0.916. The normalized spacial score (nSPS) is 25.6. The van der Waals surface area contributed by atoms with E-state index in [0.29, 0.717) is 0 Å². The number of rotatable bonds is 2. The van der Waals surface area contributed by atoms with Gasteiger partial charge in [0.1, 0.15) is 22.7 Å². The van der Waals surface area contributed by atoms with Gasteiger partial charge in [-0.2, -0.15) is 0 Å². The highest BCUT2D eigenvalue weighted by Crippen LogP contribution is 2.35. The highest BCUT2D eigenvalue weighted by molar-refractivity contribution is 5.83. The third-order valence-electron chi connectivity index (χ3n) is 5.48. The summed E-state index contributed by atoms with van der Waals surface area (Å²) in [6.07, 6.45) is 0.252. The summed E-state index contributed by atoms with van der Waals surface area (Å²) in [5, 5.41) is 0. The Balaban J connectivity index is 0. The van der Waals surface area contributed by atoms with Crippen LogP contribution in [0.1, 0.15) is 97.9 Å². The first-order valence-electron chi connectivity index (χ1n) is 12.2. The number of nitrogens with zero attached hydrogens (tertiary/aromatic N) is 2. The zero-order valence-electron chi connectivity index (χ0n) is 24.3. The molecule has 0 radical (unpaired) electrons. The molecule has 2 aliphatic heterocycles. The molecule has 0 unspecified atom stereocenters. The van der Waals surface area contributed by atoms with E-state index < -0.39 is 46.9 Å². The third-order valence-corrected chi connectivity index (χ3v) is 5.48. The van der Waals surface area contributed by atoms with Crippen molar-refractivity contribution in [3.05, 3.63) is 12.7 Å². The van der Waals surface area contributed by atoms with Gasteiger partial charge in [-0.3, -0.25) is 9.80 Å². The predicted molar refractivity (Wildman–Crippen MR) is 149 cm³/mol. The fourth-order valence-electron chi connectivity index (χ4n) is 4.28. The first kappa shape index (κ1) is 37.8. The SMILES string of the molecule is C.C.C=C[C@@H]1[C@@H](C)OC(C)(C)N1C(=O)OC(C)(C)C.COC(=O)[C@@H]1[C@@H](C)OC(C)(C)N1C(=O)OC(C)(C)C. The molecule has 0 aromatic carbocycles. The second-order valence-corrected chi connectivity index (χ2v) is 11.9. The van der Waals surface area contributed by atoms with E-state index in [1.807, 2.05) is 41.5 Å². The molecule has 0 aromatic rings. The van der Waals surface area contributed by atoms with Crippen molar-refractivity contribution < 1.29 is 38.1 Å². The Morgan fingerprint density at radius 2 is 1.16 bits per heavy atom. The molecule has 224 valence electrons. The van der Waals surface area contributed by atoms with Gasteiger partial charge in [-0.1, -0.05) is 20.9 Å². The zero-order chi connectivity index (χ0) is 28.4. The van der Waals surface area contributed by atoms with Crippen LogP contribution in [0.5, 0.6) is 0 Å². The van der Waals surface area contributed by atoms with E-state index in [-0.39, 0.29) is 33.1 Å². The summed E-state index contributed by atoms with van der Waals surface area (Å²) >= 11 is 0. The molecule has 0 bridgehead atoms. The molecule has 2 heterocycles. The van der Waals surface area contributed by atoms with Crippen LogP contribution in [0.4, 0.5) is 9.59 Å². The van der Waals surface area contributed by atoms with Gasteiger partial charge in [0.05, 0.1) is 25.4 Å². The molecule has 0 aliphatic carbocycles. The van der Waals surface area contributed by atoms with Crippen LogP contribution in [0.3, 0.4) is 0 Å². The summed E-state index contributed by atoms with van der Waals surface area (Å²) < 4.78 is 26.9. The van der Waals surface area contributed by atoms with E-state index in [1.54, 1.807) is 52.5 Å². The summed E-state index contributed by atoms with van der Waals surface area (Å²) in [4.78, 5) is 39.2. The third kappa shape index (κ3) is 9.45. The van der Waals surface area contributed by atoms with Crippen LogP contribution >= 0.6 is 0 Å². The standard InChI is InChI=1S/C13H23NO5.C13H23NO3.2CH4/c1-8-9(10(15)17-7)14(13(5,6)18-8)11(16)19-12(2,3)4;1-8-10-9(2)16-13(6,7)14(10)11(15)17-12(3,4)5;;/h8-9H,1-7H3;8-10H,1H2,2-7H3;2*1H4/t8-,9+;9-,10-;;/m11../s1. The lowest BCUT2D eigenvalue weighted by molar-refractivity contribution is -0.147. The van der Waals surface area contributed by atoms with Crippen LogP contribution in [-0.4, -0.2) is 82.0 Å². The average Bonchev–Trinajstić information content (AvgIpc) is 3.04. The average molecular weight is 547 g/mol. The Morgan fingerprint density at radius 3 is 1.53 bits per heavy atom. The zero-order valence-corrected chi connectivity index (χ0v) is 24.3. The minimum absolute atomic E-state index is 0. The number of ether oxygens (including phenoxy) is 5. The number of carbonyl (C=O) groups excluding carboxylic acids is 3. The summed E-state index contributed by atoms with van der Waals surface area (Å²) in [6, 6.07) is -0.949. The minimum Gasteiger partial charge on any atom is -0.467 e. The van der Waals surface area contributed by atoms with E-state index in [9.17, 15) is 14.4 Å². The molecule has 10 heteroatoms. The van der Waals surface area contributed by atoms with Crippen molar-refractivity contribution in [3.8, 4) is 0 Å². The first-order valence-corrected chi connectivity index (χ1v) is 12.2.